The van der Waals surface area contributed by atoms with Crippen molar-refractivity contribution < 1.29 is 9.47 Å². The minimum absolute atomic E-state index is 0. The summed E-state index contributed by atoms with van der Waals surface area (Å²) in [5.41, 5.74) is 1.25. The number of rotatable bonds is 3. The molecule has 0 unspecified atom stereocenters. The first-order chi connectivity index (χ1) is 7.35. The minimum atomic E-state index is 0. The molecule has 1 aromatic carbocycles. The summed E-state index contributed by atoms with van der Waals surface area (Å²) < 4.78 is 10.6. The number of hydrogen-bond acceptors (Lipinski definition) is 3. The lowest BCUT2D eigenvalue weighted by Gasteiger charge is -2.14. The van der Waals surface area contributed by atoms with Gasteiger partial charge in [-0.1, -0.05) is 0 Å². The van der Waals surface area contributed by atoms with Gasteiger partial charge in [-0.05, 0) is 31.2 Å². The van der Waals surface area contributed by atoms with Crippen molar-refractivity contribution in [2.45, 2.75) is 12.3 Å². The van der Waals surface area contributed by atoms with E-state index in [0.717, 1.165) is 24.6 Å². The first-order valence-electron chi connectivity index (χ1n) is 5.28. The average molecular weight is 244 g/mol. The maximum atomic E-state index is 5.37. The lowest BCUT2D eigenvalue weighted by Crippen LogP contribution is -2.08. The van der Waals surface area contributed by atoms with Crippen LogP contribution in [0.3, 0.4) is 0 Å². The molecule has 0 aromatic heterocycles. The predicted octanol–water partition coefficient (Wildman–Crippen LogP) is 2.20. The highest BCUT2D eigenvalue weighted by molar-refractivity contribution is 5.85. The third-order valence-electron chi connectivity index (χ3n) is 2.94. The van der Waals surface area contributed by atoms with E-state index >= 15 is 0 Å². The van der Waals surface area contributed by atoms with Crippen LogP contribution >= 0.6 is 12.4 Å². The van der Waals surface area contributed by atoms with Crippen LogP contribution < -0.4 is 14.8 Å². The fourth-order valence-electron chi connectivity index (χ4n) is 2.08. The van der Waals surface area contributed by atoms with Gasteiger partial charge in [0.2, 0.25) is 0 Å². The Labute approximate surface area is 103 Å². The van der Waals surface area contributed by atoms with Gasteiger partial charge < -0.3 is 14.8 Å². The summed E-state index contributed by atoms with van der Waals surface area (Å²) in [5, 5.41) is 3.36. The molecule has 0 radical (unpaired) electrons. The Morgan fingerprint density at radius 2 is 2.06 bits per heavy atom. The molecule has 2 rings (SSSR count). The van der Waals surface area contributed by atoms with Crippen LogP contribution in [0.4, 0.5) is 0 Å². The fraction of sp³-hybridized carbons (Fsp3) is 0.500. The highest BCUT2D eigenvalue weighted by atomic mass is 35.5. The highest BCUT2D eigenvalue weighted by Gasteiger charge is 2.20. The summed E-state index contributed by atoms with van der Waals surface area (Å²) >= 11 is 0. The van der Waals surface area contributed by atoms with Gasteiger partial charge in [0.05, 0.1) is 14.2 Å². The normalized spacial score (nSPS) is 19.0. The van der Waals surface area contributed by atoms with E-state index in [1.807, 2.05) is 12.1 Å². The van der Waals surface area contributed by atoms with E-state index in [2.05, 4.69) is 11.4 Å². The van der Waals surface area contributed by atoms with Crippen LogP contribution in [0.25, 0.3) is 0 Å². The molecule has 1 saturated heterocycles. The van der Waals surface area contributed by atoms with Crippen molar-refractivity contribution in [2.75, 3.05) is 27.3 Å². The molecule has 16 heavy (non-hydrogen) atoms. The second kappa shape index (κ2) is 5.97. The summed E-state index contributed by atoms with van der Waals surface area (Å²) in [6.07, 6.45) is 1.17. The monoisotopic (exact) mass is 243 g/mol. The largest absolute Gasteiger partial charge is 0.497 e. The lowest BCUT2D eigenvalue weighted by atomic mass is 9.97. The standard InChI is InChI=1S/C12H17NO2.ClH/c1-14-10-3-4-12(15-2)11(7-10)9-5-6-13-8-9;/h3-4,7,9,13H,5-6,8H2,1-2H3;1H/t9-;/m0./s1. The highest BCUT2D eigenvalue weighted by Crippen LogP contribution is 2.33. The van der Waals surface area contributed by atoms with Crippen molar-refractivity contribution in [3.8, 4) is 11.5 Å². The fourth-order valence-corrected chi connectivity index (χ4v) is 2.08. The minimum Gasteiger partial charge on any atom is -0.497 e. The van der Waals surface area contributed by atoms with E-state index in [-0.39, 0.29) is 12.4 Å². The SMILES string of the molecule is COc1ccc(OC)c([C@H]2CCNC2)c1.Cl. The zero-order valence-corrected chi connectivity index (χ0v) is 10.5. The molecule has 1 fully saturated rings. The van der Waals surface area contributed by atoms with Gasteiger partial charge in [0, 0.05) is 18.0 Å². The Hall–Kier alpha value is -0.930. The van der Waals surface area contributed by atoms with Crippen LogP contribution in [0, 0.1) is 0 Å². The van der Waals surface area contributed by atoms with Crippen molar-refractivity contribution in [1.82, 2.24) is 5.32 Å². The molecular formula is C12H18ClNO2. The van der Waals surface area contributed by atoms with Crippen LogP contribution in [0.5, 0.6) is 11.5 Å². The molecule has 0 amide bonds. The van der Waals surface area contributed by atoms with Gasteiger partial charge in [-0.3, -0.25) is 0 Å². The van der Waals surface area contributed by atoms with Crippen molar-refractivity contribution in [2.24, 2.45) is 0 Å². The van der Waals surface area contributed by atoms with Gasteiger partial charge in [0.25, 0.3) is 0 Å². The third kappa shape index (κ3) is 2.60. The summed E-state index contributed by atoms with van der Waals surface area (Å²) in [5.74, 6) is 2.41. The van der Waals surface area contributed by atoms with E-state index in [1.54, 1.807) is 14.2 Å². The maximum absolute atomic E-state index is 5.37. The Bertz CT molecular complexity index is 338. The topological polar surface area (TPSA) is 30.5 Å². The predicted molar refractivity (Wildman–Crippen MR) is 67.0 cm³/mol. The zero-order chi connectivity index (χ0) is 10.7. The number of nitrogens with one attached hydrogen (secondary N) is 1. The molecule has 1 aliphatic heterocycles. The summed E-state index contributed by atoms with van der Waals surface area (Å²) in [4.78, 5) is 0. The number of methoxy groups -OCH3 is 2. The molecule has 0 aliphatic carbocycles. The Morgan fingerprint density at radius 1 is 1.25 bits per heavy atom. The molecule has 1 aromatic rings. The molecular weight excluding hydrogens is 226 g/mol. The van der Waals surface area contributed by atoms with E-state index in [1.165, 1.54) is 12.0 Å². The first kappa shape index (κ1) is 13.1. The Kier molecular flexibility index (Phi) is 4.90. The second-order valence-electron chi connectivity index (χ2n) is 3.80. The zero-order valence-electron chi connectivity index (χ0n) is 9.66. The Balaban J connectivity index is 0.00000128. The molecule has 0 spiro atoms. The summed E-state index contributed by atoms with van der Waals surface area (Å²) in [6.45, 7) is 2.12. The van der Waals surface area contributed by atoms with Crippen LogP contribution in [0.15, 0.2) is 18.2 Å². The molecule has 0 bridgehead atoms. The van der Waals surface area contributed by atoms with Gasteiger partial charge >= 0.3 is 0 Å². The van der Waals surface area contributed by atoms with Gasteiger partial charge in [0.1, 0.15) is 11.5 Å². The summed E-state index contributed by atoms with van der Waals surface area (Å²) in [7, 11) is 3.41. The molecule has 4 heteroatoms. The Morgan fingerprint density at radius 3 is 2.62 bits per heavy atom. The van der Waals surface area contributed by atoms with Crippen molar-refractivity contribution in [1.29, 1.82) is 0 Å². The maximum Gasteiger partial charge on any atom is 0.122 e. The molecule has 0 saturated carbocycles. The average Bonchev–Trinajstić information content (AvgIpc) is 2.81. The second-order valence-corrected chi connectivity index (χ2v) is 3.80. The van der Waals surface area contributed by atoms with Crippen LogP contribution in [0.1, 0.15) is 17.9 Å². The van der Waals surface area contributed by atoms with Gasteiger partial charge in [0.15, 0.2) is 0 Å². The lowest BCUT2D eigenvalue weighted by molar-refractivity contribution is 0.396. The third-order valence-corrected chi connectivity index (χ3v) is 2.94. The quantitative estimate of drug-likeness (QED) is 0.883. The summed E-state index contributed by atoms with van der Waals surface area (Å²) in [6, 6.07) is 5.99. The molecule has 90 valence electrons. The molecule has 1 N–H and O–H groups in total. The van der Waals surface area contributed by atoms with Crippen LogP contribution in [0.2, 0.25) is 0 Å². The number of halogens is 1. The molecule has 3 nitrogen and oxygen atoms in total. The first-order valence-corrected chi connectivity index (χ1v) is 5.28. The van der Waals surface area contributed by atoms with Crippen LogP contribution in [-0.2, 0) is 0 Å². The number of ether oxygens (including phenoxy) is 2. The van der Waals surface area contributed by atoms with Crippen LogP contribution in [-0.4, -0.2) is 27.3 Å². The molecule has 1 atom stereocenters. The van der Waals surface area contributed by atoms with E-state index in [9.17, 15) is 0 Å². The van der Waals surface area contributed by atoms with Gasteiger partial charge in [-0.25, -0.2) is 0 Å². The number of hydrogen-bond donors (Lipinski definition) is 1. The smallest absolute Gasteiger partial charge is 0.122 e. The number of benzene rings is 1. The van der Waals surface area contributed by atoms with E-state index in [0.29, 0.717) is 5.92 Å². The van der Waals surface area contributed by atoms with E-state index in [4.69, 9.17) is 9.47 Å². The molecule has 1 heterocycles. The van der Waals surface area contributed by atoms with Crippen molar-refractivity contribution >= 4 is 12.4 Å². The molecule has 1 aliphatic rings. The van der Waals surface area contributed by atoms with Gasteiger partial charge in [-0.2, -0.15) is 0 Å². The van der Waals surface area contributed by atoms with Crippen molar-refractivity contribution in [3.63, 3.8) is 0 Å². The van der Waals surface area contributed by atoms with Gasteiger partial charge in [-0.15, -0.1) is 12.4 Å². The van der Waals surface area contributed by atoms with E-state index < -0.39 is 0 Å². The van der Waals surface area contributed by atoms with Crippen molar-refractivity contribution in [3.05, 3.63) is 23.8 Å².